The Morgan fingerprint density at radius 2 is 1.83 bits per heavy atom. The Morgan fingerprint density at radius 1 is 1.25 bits per heavy atom. The molecule has 1 saturated carbocycles. The van der Waals surface area contributed by atoms with Gasteiger partial charge in [-0.2, -0.15) is 8.42 Å². The monoisotopic (exact) mass is 357 g/mol. The van der Waals surface area contributed by atoms with Gasteiger partial charge in [0.1, 0.15) is 0 Å². The van der Waals surface area contributed by atoms with Crippen molar-refractivity contribution < 1.29 is 27.4 Å². The van der Waals surface area contributed by atoms with E-state index in [1.54, 1.807) is 0 Å². The van der Waals surface area contributed by atoms with Crippen molar-refractivity contribution in [2.24, 2.45) is 5.92 Å². The van der Waals surface area contributed by atoms with Gasteiger partial charge in [0.25, 0.3) is 15.8 Å². The van der Waals surface area contributed by atoms with E-state index in [1.807, 2.05) is 0 Å². The molecule has 0 spiro atoms. The number of nitrogens with zero attached hydrogens (tertiary/aromatic N) is 1. The van der Waals surface area contributed by atoms with Crippen molar-refractivity contribution >= 4 is 21.8 Å². The van der Waals surface area contributed by atoms with Crippen LogP contribution >= 0.6 is 0 Å². The summed E-state index contributed by atoms with van der Waals surface area (Å²) in [6.45, 7) is 0. The summed E-state index contributed by atoms with van der Waals surface area (Å²) in [6, 6.07) is 4.14. The maximum Gasteiger partial charge on any atom is 0.334 e. The third-order valence-corrected chi connectivity index (χ3v) is 5.46. The van der Waals surface area contributed by atoms with E-state index in [9.17, 15) is 28.4 Å². The maximum atomic E-state index is 12.2. The number of aliphatic carboxylic acids is 1. The number of carbonyl (C=O) groups is 1. The molecule has 9 heteroatoms. The van der Waals surface area contributed by atoms with E-state index in [0.29, 0.717) is 0 Å². The lowest BCUT2D eigenvalue weighted by molar-refractivity contribution is -0.384. The average Bonchev–Trinajstić information content (AvgIpc) is 2.55. The summed E-state index contributed by atoms with van der Waals surface area (Å²) in [5.74, 6) is -1.20. The van der Waals surface area contributed by atoms with Crippen molar-refractivity contribution in [3.8, 4) is 0 Å². The number of hydrogen-bond donors (Lipinski definition) is 1. The van der Waals surface area contributed by atoms with Crippen LogP contribution in [0.15, 0.2) is 29.2 Å². The fourth-order valence-electron chi connectivity index (χ4n) is 2.85. The van der Waals surface area contributed by atoms with E-state index in [2.05, 4.69) is 0 Å². The lowest BCUT2D eigenvalue weighted by atomic mass is 9.85. The van der Waals surface area contributed by atoms with Crippen molar-refractivity contribution in [3.63, 3.8) is 0 Å². The van der Waals surface area contributed by atoms with Crippen molar-refractivity contribution in [2.75, 3.05) is 0 Å². The number of nitro benzene ring substituents is 1. The first-order chi connectivity index (χ1) is 11.3. The second kappa shape index (κ2) is 7.71. The second-order valence-corrected chi connectivity index (χ2v) is 7.44. The number of rotatable bonds is 7. The Bertz CT molecular complexity index is 693. The Balaban J connectivity index is 2.11. The van der Waals surface area contributed by atoms with Gasteiger partial charge in [0.05, 0.1) is 9.82 Å². The van der Waals surface area contributed by atoms with Crippen molar-refractivity contribution in [2.45, 2.75) is 49.5 Å². The zero-order chi connectivity index (χ0) is 17.7. The number of carboxylic acids is 1. The molecule has 0 heterocycles. The van der Waals surface area contributed by atoms with Crippen molar-refractivity contribution in [1.29, 1.82) is 0 Å². The van der Waals surface area contributed by atoms with E-state index in [1.165, 1.54) is 0 Å². The molecule has 1 aliphatic carbocycles. The van der Waals surface area contributed by atoms with Gasteiger partial charge < -0.3 is 5.11 Å². The van der Waals surface area contributed by atoms with Crippen LogP contribution < -0.4 is 0 Å². The van der Waals surface area contributed by atoms with Crippen molar-refractivity contribution in [3.05, 3.63) is 34.4 Å². The molecular weight excluding hydrogens is 338 g/mol. The summed E-state index contributed by atoms with van der Waals surface area (Å²) in [5.41, 5.74) is -0.258. The number of carboxylic acid groups (broad SMARTS) is 1. The van der Waals surface area contributed by atoms with Gasteiger partial charge in [0, 0.05) is 12.1 Å². The predicted octanol–water partition coefficient (Wildman–Crippen LogP) is 2.72. The smallest absolute Gasteiger partial charge is 0.334 e. The van der Waals surface area contributed by atoms with Gasteiger partial charge in [0.15, 0.2) is 6.10 Å². The fourth-order valence-corrected chi connectivity index (χ4v) is 3.90. The molecule has 0 amide bonds. The van der Waals surface area contributed by atoms with Gasteiger partial charge in [-0.1, -0.05) is 32.1 Å². The zero-order valence-corrected chi connectivity index (χ0v) is 13.8. The molecule has 0 aromatic heterocycles. The van der Waals surface area contributed by atoms with Crippen molar-refractivity contribution in [1.82, 2.24) is 0 Å². The molecule has 24 heavy (non-hydrogen) atoms. The van der Waals surface area contributed by atoms with E-state index < -0.39 is 27.1 Å². The molecule has 1 aromatic rings. The van der Waals surface area contributed by atoms with E-state index >= 15 is 0 Å². The van der Waals surface area contributed by atoms with Crippen LogP contribution in [0.5, 0.6) is 0 Å². The average molecular weight is 357 g/mol. The van der Waals surface area contributed by atoms with Crippen LogP contribution in [0.25, 0.3) is 0 Å². The minimum absolute atomic E-state index is 0.131. The standard InChI is InChI=1S/C15H19NO7S/c17-15(18)14(10-11-4-2-1-3-5-11)23-24(21,22)13-8-6-12(7-9-13)16(19)20/h6-9,11,14H,1-5,10H2,(H,17,18). The van der Waals surface area contributed by atoms with Crippen LogP contribution in [0.2, 0.25) is 0 Å². The highest BCUT2D eigenvalue weighted by Crippen LogP contribution is 2.29. The molecule has 0 saturated heterocycles. The van der Waals surface area contributed by atoms with Crippen LogP contribution in [0, 0.1) is 16.0 Å². The number of hydrogen-bond acceptors (Lipinski definition) is 6. The Labute approximate surface area is 139 Å². The summed E-state index contributed by atoms with van der Waals surface area (Å²) >= 11 is 0. The Kier molecular flexibility index (Phi) is 5.89. The van der Waals surface area contributed by atoms with Gasteiger partial charge in [-0.3, -0.25) is 14.3 Å². The van der Waals surface area contributed by atoms with Crippen LogP contribution in [-0.2, 0) is 19.1 Å². The highest BCUT2D eigenvalue weighted by Gasteiger charge is 2.30. The number of non-ortho nitro benzene ring substituents is 1. The molecular formula is C15H19NO7S. The molecule has 2 rings (SSSR count). The van der Waals surface area contributed by atoms with E-state index in [0.717, 1.165) is 56.4 Å². The molecule has 0 aliphatic heterocycles. The van der Waals surface area contributed by atoms with Gasteiger partial charge in [-0.05, 0) is 24.5 Å². The fraction of sp³-hybridized carbons (Fsp3) is 0.533. The first-order valence-corrected chi connectivity index (χ1v) is 9.11. The molecule has 0 bridgehead atoms. The zero-order valence-electron chi connectivity index (χ0n) is 13.0. The molecule has 132 valence electrons. The first kappa shape index (κ1) is 18.3. The maximum absolute atomic E-state index is 12.2. The number of benzene rings is 1. The quantitative estimate of drug-likeness (QED) is 0.452. The van der Waals surface area contributed by atoms with Crippen LogP contribution in [0.4, 0.5) is 5.69 Å². The molecule has 1 N–H and O–H groups in total. The van der Waals surface area contributed by atoms with Crippen LogP contribution in [0.1, 0.15) is 38.5 Å². The first-order valence-electron chi connectivity index (χ1n) is 7.70. The van der Waals surface area contributed by atoms with E-state index in [-0.39, 0.29) is 22.9 Å². The molecule has 0 radical (unpaired) electrons. The van der Waals surface area contributed by atoms with E-state index in [4.69, 9.17) is 4.18 Å². The lowest BCUT2D eigenvalue weighted by Crippen LogP contribution is -2.30. The summed E-state index contributed by atoms with van der Waals surface area (Å²) in [5, 5.41) is 19.8. The summed E-state index contributed by atoms with van der Waals surface area (Å²) in [4.78, 5) is 21.0. The SMILES string of the molecule is O=C(O)C(CC1CCCCC1)OS(=O)(=O)c1ccc([N+](=O)[O-])cc1. The second-order valence-electron chi connectivity index (χ2n) is 5.87. The third kappa shape index (κ3) is 4.75. The molecule has 1 aliphatic rings. The summed E-state index contributed by atoms with van der Waals surface area (Å²) in [6.07, 6.45) is 3.54. The number of nitro groups is 1. The summed E-state index contributed by atoms with van der Waals surface area (Å²) < 4.78 is 29.3. The minimum Gasteiger partial charge on any atom is -0.479 e. The third-order valence-electron chi connectivity index (χ3n) is 4.13. The largest absolute Gasteiger partial charge is 0.479 e. The topological polar surface area (TPSA) is 124 Å². The predicted molar refractivity (Wildman–Crippen MR) is 84.0 cm³/mol. The Hall–Kier alpha value is -2.00. The lowest BCUT2D eigenvalue weighted by Gasteiger charge is -2.24. The summed E-state index contributed by atoms with van der Waals surface area (Å²) in [7, 11) is -4.30. The molecule has 1 unspecified atom stereocenters. The normalized spacial score (nSPS) is 17.3. The Morgan fingerprint density at radius 3 is 2.33 bits per heavy atom. The van der Waals surface area contributed by atoms with Gasteiger partial charge >= 0.3 is 5.97 Å². The van der Waals surface area contributed by atoms with Crippen LogP contribution in [-0.4, -0.2) is 30.5 Å². The highest BCUT2D eigenvalue weighted by atomic mass is 32.2. The van der Waals surface area contributed by atoms with Gasteiger partial charge in [0.2, 0.25) is 0 Å². The van der Waals surface area contributed by atoms with Crippen LogP contribution in [0.3, 0.4) is 0 Å². The minimum atomic E-state index is -4.30. The molecule has 1 fully saturated rings. The molecule has 8 nitrogen and oxygen atoms in total. The highest BCUT2D eigenvalue weighted by molar-refractivity contribution is 7.86. The molecule has 1 aromatic carbocycles. The molecule has 1 atom stereocenters. The van der Waals surface area contributed by atoms with Gasteiger partial charge in [-0.25, -0.2) is 4.79 Å². The van der Waals surface area contributed by atoms with Gasteiger partial charge in [-0.15, -0.1) is 0 Å².